The van der Waals surface area contributed by atoms with Gasteiger partial charge >= 0.3 is 12.3 Å². The monoisotopic (exact) mass is 286 g/mol. The minimum atomic E-state index is -4.42. The van der Waals surface area contributed by atoms with Gasteiger partial charge in [0.15, 0.2) is 5.78 Å². The van der Waals surface area contributed by atoms with Crippen molar-refractivity contribution in [2.24, 2.45) is 0 Å². The van der Waals surface area contributed by atoms with E-state index in [2.05, 4.69) is 4.74 Å². The molecule has 0 N–H and O–H groups in total. The highest BCUT2D eigenvalue weighted by Crippen LogP contribution is 2.23. The molecule has 2 nitrogen and oxygen atoms in total. The molecule has 0 bridgehead atoms. The molecule has 8 heteroatoms. The summed E-state index contributed by atoms with van der Waals surface area (Å²) < 4.78 is 78.6. The Kier molecular flexibility index (Phi) is 4.93. The van der Waals surface area contributed by atoms with E-state index in [9.17, 15) is 31.1 Å². The molecule has 0 aliphatic carbocycles. The second-order valence-corrected chi connectivity index (χ2v) is 3.57. The molecular formula is C11H8F6O2. The molecule has 19 heavy (non-hydrogen) atoms. The van der Waals surface area contributed by atoms with Gasteiger partial charge in [0.1, 0.15) is 24.8 Å². The van der Waals surface area contributed by atoms with Gasteiger partial charge in [-0.05, 0) is 12.1 Å². The number of hydrogen-bond donors (Lipinski definition) is 0. The Morgan fingerprint density at radius 3 is 2.21 bits per heavy atom. The van der Waals surface area contributed by atoms with Crippen LogP contribution in [-0.2, 0) is 4.74 Å². The van der Waals surface area contributed by atoms with Crippen LogP contribution in [0, 0.1) is 11.6 Å². The first kappa shape index (κ1) is 15.5. The molecule has 0 aromatic heterocycles. The molecule has 0 saturated carbocycles. The molecule has 0 spiro atoms. The van der Waals surface area contributed by atoms with Gasteiger partial charge in [-0.2, -0.15) is 8.78 Å². The average Bonchev–Trinajstić information content (AvgIpc) is 2.28. The van der Waals surface area contributed by atoms with Crippen LogP contribution in [0.1, 0.15) is 10.4 Å². The minimum Gasteiger partial charge on any atom is -0.367 e. The van der Waals surface area contributed by atoms with Gasteiger partial charge in [-0.15, -0.1) is 0 Å². The Bertz CT molecular complexity index is 440. The van der Waals surface area contributed by atoms with Crippen LogP contribution >= 0.6 is 0 Å². The highest BCUT2D eigenvalue weighted by Gasteiger charge is 2.41. The normalized spacial score (nSPS) is 11.9. The van der Waals surface area contributed by atoms with Crippen molar-refractivity contribution >= 4 is 5.78 Å². The Hall–Kier alpha value is -1.57. The van der Waals surface area contributed by atoms with Crippen molar-refractivity contribution in [1.29, 1.82) is 0 Å². The zero-order valence-electron chi connectivity index (χ0n) is 9.31. The number of rotatable bonds is 6. The lowest BCUT2D eigenvalue weighted by Crippen LogP contribution is -2.33. The maximum atomic E-state index is 13.1. The first-order valence-corrected chi connectivity index (χ1v) is 4.96. The number of carbonyl (C=O) groups is 1. The molecule has 0 aliphatic rings. The van der Waals surface area contributed by atoms with Crippen molar-refractivity contribution < 1.29 is 35.9 Å². The molecule has 0 aliphatic heterocycles. The third-order valence-electron chi connectivity index (χ3n) is 2.09. The molecule has 1 aromatic rings. The predicted octanol–water partition coefficient (Wildman–Crippen LogP) is 3.06. The minimum absolute atomic E-state index is 0.796. The first-order chi connectivity index (χ1) is 8.75. The summed E-state index contributed by atoms with van der Waals surface area (Å²) in [5, 5.41) is 0. The molecule has 0 fully saturated rings. The number of alkyl halides is 4. The van der Waals surface area contributed by atoms with Crippen LogP contribution in [0.5, 0.6) is 0 Å². The van der Waals surface area contributed by atoms with Crippen LogP contribution in [0.4, 0.5) is 26.3 Å². The number of carbonyl (C=O) groups excluding carboxylic acids is 1. The molecule has 1 aromatic carbocycles. The summed E-state index contributed by atoms with van der Waals surface area (Å²) in [6, 6.07) is 2.60. The topological polar surface area (TPSA) is 26.3 Å². The highest BCUT2D eigenvalue weighted by molar-refractivity contribution is 5.97. The summed E-state index contributed by atoms with van der Waals surface area (Å²) in [5.74, 6) is -8.04. The van der Waals surface area contributed by atoms with Gasteiger partial charge in [-0.3, -0.25) is 4.79 Å². The highest BCUT2D eigenvalue weighted by atomic mass is 19.3. The SMILES string of the molecule is O=C(COCC(F)(F)C(F)F)c1c(F)cccc1F. The maximum Gasteiger partial charge on any atom is 0.330 e. The van der Waals surface area contributed by atoms with E-state index in [1.54, 1.807) is 0 Å². The number of Topliss-reactive ketones (excluding diaryl/α,β-unsaturated/α-hetero) is 1. The molecule has 0 amide bonds. The van der Waals surface area contributed by atoms with Gasteiger partial charge in [0.25, 0.3) is 0 Å². The van der Waals surface area contributed by atoms with Crippen LogP contribution < -0.4 is 0 Å². The lowest BCUT2D eigenvalue weighted by atomic mass is 10.1. The van der Waals surface area contributed by atoms with E-state index in [-0.39, 0.29) is 0 Å². The van der Waals surface area contributed by atoms with Crippen molar-refractivity contribution in [2.75, 3.05) is 13.2 Å². The second-order valence-electron chi connectivity index (χ2n) is 3.57. The lowest BCUT2D eigenvalue weighted by molar-refractivity contribution is -0.163. The second kappa shape index (κ2) is 6.05. The van der Waals surface area contributed by atoms with E-state index in [4.69, 9.17) is 0 Å². The van der Waals surface area contributed by atoms with E-state index in [0.717, 1.165) is 18.2 Å². The quantitative estimate of drug-likeness (QED) is 0.593. The molecule has 1 rings (SSSR count). The van der Waals surface area contributed by atoms with Crippen LogP contribution in [0.15, 0.2) is 18.2 Å². The number of benzene rings is 1. The van der Waals surface area contributed by atoms with Crippen molar-refractivity contribution in [3.05, 3.63) is 35.4 Å². The van der Waals surface area contributed by atoms with Gasteiger partial charge in [0.2, 0.25) is 0 Å². The molecule has 0 atom stereocenters. The molecule has 106 valence electrons. The molecule has 0 unspecified atom stereocenters. The zero-order valence-corrected chi connectivity index (χ0v) is 9.31. The zero-order chi connectivity index (χ0) is 14.6. The van der Waals surface area contributed by atoms with E-state index >= 15 is 0 Å². The largest absolute Gasteiger partial charge is 0.367 e. The van der Waals surface area contributed by atoms with Crippen LogP contribution in [-0.4, -0.2) is 31.3 Å². The molecule has 0 radical (unpaired) electrons. The van der Waals surface area contributed by atoms with Crippen molar-refractivity contribution in [3.8, 4) is 0 Å². The Morgan fingerprint density at radius 1 is 1.21 bits per heavy atom. The fraction of sp³-hybridized carbons (Fsp3) is 0.364. The third kappa shape index (κ3) is 3.95. The van der Waals surface area contributed by atoms with Crippen LogP contribution in [0.25, 0.3) is 0 Å². The lowest BCUT2D eigenvalue weighted by Gasteiger charge is -2.14. The fourth-order valence-corrected chi connectivity index (χ4v) is 1.18. The van der Waals surface area contributed by atoms with Gasteiger partial charge in [-0.25, -0.2) is 17.6 Å². The molecule has 0 heterocycles. The first-order valence-electron chi connectivity index (χ1n) is 4.96. The molecule has 0 saturated heterocycles. The van der Waals surface area contributed by atoms with Gasteiger partial charge in [-0.1, -0.05) is 6.07 Å². The summed E-state index contributed by atoms with van der Waals surface area (Å²) in [7, 11) is 0. The Labute approximate surface area is 104 Å². The predicted molar refractivity (Wildman–Crippen MR) is 52.5 cm³/mol. The van der Waals surface area contributed by atoms with E-state index < -0.39 is 48.5 Å². The number of hydrogen-bond acceptors (Lipinski definition) is 2. The Morgan fingerprint density at radius 2 is 1.74 bits per heavy atom. The summed E-state index contributed by atoms with van der Waals surface area (Å²) in [6.07, 6.45) is -3.95. The molecular weight excluding hydrogens is 278 g/mol. The van der Waals surface area contributed by atoms with Gasteiger partial charge in [0.05, 0.1) is 5.56 Å². The summed E-state index contributed by atoms with van der Waals surface area (Å²) in [5.41, 5.74) is -0.956. The van der Waals surface area contributed by atoms with Gasteiger partial charge in [0, 0.05) is 0 Å². The van der Waals surface area contributed by atoms with Crippen molar-refractivity contribution in [1.82, 2.24) is 0 Å². The smallest absolute Gasteiger partial charge is 0.330 e. The van der Waals surface area contributed by atoms with E-state index in [1.807, 2.05) is 0 Å². The average molecular weight is 286 g/mol. The van der Waals surface area contributed by atoms with Crippen molar-refractivity contribution in [3.63, 3.8) is 0 Å². The number of ether oxygens (including phenoxy) is 1. The van der Waals surface area contributed by atoms with Gasteiger partial charge < -0.3 is 4.74 Å². The fourth-order valence-electron chi connectivity index (χ4n) is 1.18. The summed E-state index contributed by atoms with van der Waals surface area (Å²) >= 11 is 0. The maximum absolute atomic E-state index is 13.1. The van der Waals surface area contributed by atoms with Crippen LogP contribution in [0.2, 0.25) is 0 Å². The van der Waals surface area contributed by atoms with Crippen molar-refractivity contribution in [2.45, 2.75) is 12.3 Å². The van der Waals surface area contributed by atoms with E-state index in [0.29, 0.717) is 0 Å². The number of ketones is 1. The standard InChI is InChI=1S/C11H8F6O2/c12-6-2-1-3-7(13)9(6)8(18)4-19-5-11(16,17)10(14)15/h1-3,10H,4-5H2. The van der Waals surface area contributed by atoms with Crippen LogP contribution in [0.3, 0.4) is 0 Å². The number of halogens is 6. The summed E-state index contributed by atoms with van der Waals surface area (Å²) in [4.78, 5) is 11.3. The summed E-state index contributed by atoms with van der Waals surface area (Å²) in [6.45, 7) is -2.84. The van der Waals surface area contributed by atoms with E-state index in [1.165, 1.54) is 0 Å². The Balaban J connectivity index is 2.62. The third-order valence-corrected chi connectivity index (χ3v) is 2.09.